The van der Waals surface area contributed by atoms with Crippen molar-refractivity contribution in [3.63, 3.8) is 0 Å². The Hall–Kier alpha value is -1.79. The molecule has 2 heterocycles. The molecule has 2 aromatic rings. The molecule has 3 N–H and O–H groups in total. The smallest absolute Gasteiger partial charge is 0.158 e. The summed E-state index contributed by atoms with van der Waals surface area (Å²) in [5.41, 5.74) is 6.97. The van der Waals surface area contributed by atoms with Crippen LogP contribution in [0.4, 0.5) is 5.82 Å². The van der Waals surface area contributed by atoms with Crippen LogP contribution in [0.25, 0.3) is 10.9 Å². The summed E-state index contributed by atoms with van der Waals surface area (Å²) in [6.07, 6.45) is 7.08. The average molecular weight is 402 g/mol. The van der Waals surface area contributed by atoms with E-state index >= 15 is 0 Å². The van der Waals surface area contributed by atoms with E-state index in [0.29, 0.717) is 24.4 Å². The first kappa shape index (κ1) is 21.9. The van der Waals surface area contributed by atoms with Crippen LogP contribution in [0.5, 0.6) is 5.75 Å². The standard InChI is InChI=1S/C23H39N5O/c1-4-19(11-13-24)27(5-2)23-21-17-20(29)9-10-22(21)28(25-23)16-12-18(3)26-14-7-6-8-15-26/h9-10,17-19,29H,4-8,11-16,24H2,1-3H3. The molecule has 29 heavy (non-hydrogen) atoms. The fourth-order valence-electron chi connectivity index (χ4n) is 4.74. The number of benzene rings is 1. The van der Waals surface area contributed by atoms with Crippen molar-refractivity contribution >= 4 is 16.7 Å². The molecule has 0 spiro atoms. The lowest BCUT2D eigenvalue weighted by Gasteiger charge is -2.32. The summed E-state index contributed by atoms with van der Waals surface area (Å²) in [5, 5.41) is 16.2. The Balaban J connectivity index is 1.86. The van der Waals surface area contributed by atoms with Gasteiger partial charge in [-0.3, -0.25) is 4.68 Å². The van der Waals surface area contributed by atoms with Crippen molar-refractivity contribution in [3.05, 3.63) is 18.2 Å². The summed E-state index contributed by atoms with van der Waals surface area (Å²) < 4.78 is 2.14. The van der Waals surface area contributed by atoms with Crippen LogP contribution in [0.15, 0.2) is 18.2 Å². The maximum absolute atomic E-state index is 10.1. The van der Waals surface area contributed by atoms with Crippen molar-refractivity contribution in [1.82, 2.24) is 14.7 Å². The molecule has 1 aromatic carbocycles. The lowest BCUT2D eigenvalue weighted by molar-refractivity contribution is 0.162. The third-order valence-corrected chi connectivity index (χ3v) is 6.51. The first-order valence-corrected chi connectivity index (χ1v) is 11.5. The monoisotopic (exact) mass is 401 g/mol. The highest BCUT2D eigenvalue weighted by Crippen LogP contribution is 2.32. The first-order valence-electron chi connectivity index (χ1n) is 11.5. The van der Waals surface area contributed by atoms with Gasteiger partial charge in [0.1, 0.15) is 5.75 Å². The van der Waals surface area contributed by atoms with Crippen molar-refractivity contribution in [2.24, 2.45) is 5.73 Å². The molecule has 0 amide bonds. The third kappa shape index (κ3) is 5.04. The molecule has 0 bridgehead atoms. The van der Waals surface area contributed by atoms with Gasteiger partial charge in [0.2, 0.25) is 0 Å². The zero-order valence-corrected chi connectivity index (χ0v) is 18.5. The van der Waals surface area contributed by atoms with Crippen LogP contribution in [0.2, 0.25) is 0 Å². The van der Waals surface area contributed by atoms with Gasteiger partial charge in [-0.1, -0.05) is 13.3 Å². The number of phenolic OH excluding ortho intramolecular Hbond substituents is 1. The van der Waals surface area contributed by atoms with E-state index in [-0.39, 0.29) is 0 Å². The summed E-state index contributed by atoms with van der Waals surface area (Å²) >= 11 is 0. The zero-order valence-electron chi connectivity index (χ0n) is 18.5. The minimum Gasteiger partial charge on any atom is -0.508 e. The van der Waals surface area contributed by atoms with Gasteiger partial charge in [0, 0.05) is 30.6 Å². The number of hydrogen-bond donors (Lipinski definition) is 2. The molecule has 3 rings (SSSR count). The minimum atomic E-state index is 0.294. The predicted octanol–water partition coefficient (Wildman–Crippen LogP) is 3.96. The van der Waals surface area contributed by atoms with Gasteiger partial charge in [-0.2, -0.15) is 5.10 Å². The van der Waals surface area contributed by atoms with Gasteiger partial charge < -0.3 is 20.6 Å². The van der Waals surface area contributed by atoms with E-state index < -0.39 is 0 Å². The van der Waals surface area contributed by atoms with Crippen molar-refractivity contribution < 1.29 is 5.11 Å². The van der Waals surface area contributed by atoms with Crippen LogP contribution in [0.1, 0.15) is 59.3 Å². The molecular weight excluding hydrogens is 362 g/mol. The maximum atomic E-state index is 10.1. The largest absolute Gasteiger partial charge is 0.508 e. The number of nitrogens with zero attached hydrogens (tertiary/aromatic N) is 4. The Kier molecular flexibility index (Phi) is 7.78. The van der Waals surface area contributed by atoms with Crippen LogP contribution in [-0.2, 0) is 6.54 Å². The summed E-state index contributed by atoms with van der Waals surface area (Å²) in [6, 6.07) is 6.57. The topological polar surface area (TPSA) is 70.5 Å². The lowest BCUT2D eigenvalue weighted by Crippen LogP contribution is -2.38. The van der Waals surface area contributed by atoms with Gasteiger partial charge in [0.15, 0.2) is 5.82 Å². The minimum absolute atomic E-state index is 0.294. The number of aromatic hydroxyl groups is 1. The highest BCUT2D eigenvalue weighted by atomic mass is 16.3. The number of anilines is 1. The Morgan fingerprint density at radius 3 is 2.59 bits per heavy atom. The van der Waals surface area contributed by atoms with E-state index in [4.69, 9.17) is 10.8 Å². The molecule has 0 saturated carbocycles. The molecule has 0 radical (unpaired) electrons. The second kappa shape index (κ2) is 10.3. The lowest BCUT2D eigenvalue weighted by atomic mass is 10.1. The third-order valence-electron chi connectivity index (χ3n) is 6.51. The number of likely N-dealkylation sites (tertiary alicyclic amines) is 1. The molecule has 0 aliphatic carbocycles. The van der Waals surface area contributed by atoms with Crippen LogP contribution in [0.3, 0.4) is 0 Å². The van der Waals surface area contributed by atoms with Gasteiger partial charge in [0.25, 0.3) is 0 Å². The Labute approximate surface area is 175 Å². The fourth-order valence-corrected chi connectivity index (χ4v) is 4.74. The number of aryl methyl sites for hydroxylation is 1. The second-order valence-electron chi connectivity index (χ2n) is 8.41. The van der Waals surface area contributed by atoms with E-state index in [1.54, 1.807) is 6.07 Å². The van der Waals surface area contributed by atoms with E-state index in [9.17, 15) is 5.11 Å². The number of piperidine rings is 1. The van der Waals surface area contributed by atoms with Gasteiger partial charge in [-0.15, -0.1) is 0 Å². The van der Waals surface area contributed by atoms with Gasteiger partial charge in [0.05, 0.1) is 5.52 Å². The second-order valence-corrected chi connectivity index (χ2v) is 8.41. The fraction of sp³-hybridized carbons (Fsp3) is 0.696. The molecule has 2 atom stereocenters. The molecule has 1 fully saturated rings. The first-order chi connectivity index (χ1) is 14.1. The van der Waals surface area contributed by atoms with Crippen molar-refractivity contribution in [2.45, 2.75) is 77.9 Å². The number of phenols is 1. The number of fused-ring (bicyclic) bond motifs is 1. The molecule has 1 saturated heterocycles. The number of rotatable bonds is 10. The van der Waals surface area contributed by atoms with E-state index in [0.717, 1.165) is 49.1 Å². The summed E-state index contributed by atoms with van der Waals surface area (Å²) in [7, 11) is 0. The summed E-state index contributed by atoms with van der Waals surface area (Å²) in [5.74, 6) is 1.27. The molecule has 1 aliphatic rings. The SMILES string of the molecule is CCC(CCN)N(CC)c1nn(CCC(C)N2CCCCC2)c2ccc(O)cc12. The Morgan fingerprint density at radius 2 is 1.93 bits per heavy atom. The van der Waals surface area contributed by atoms with E-state index in [2.05, 4.69) is 35.3 Å². The number of hydrogen-bond acceptors (Lipinski definition) is 5. The molecule has 162 valence electrons. The molecule has 6 heteroatoms. The number of nitrogens with two attached hydrogens (primary N) is 1. The van der Waals surface area contributed by atoms with Crippen LogP contribution >= 0.6 is 0 Å². The number of aromatic nitrogens is 2. The zero-order chi connectivity index (χ0) is 20.8. The normalized spacial score (nSPS) is 17.5. The highest BCUT2D eigenvalue weighted by molar-refractivity contribution is 5.92. The van der Waals surface area contributed by atoms with E-state index in [1.165, 1.54) is 32.4 Å². The maximum Gasteiger partial charge on any atom is 0.158 e. The average Bonchev–Trinajstić information content (AvgIpc) is 3.10. The van der Waals surface area contributed by atoms with Crippen LogP contribution < -0.4 is 10.6 Å². The Morgan fingerprint density at radius 1 is 1.17 bits per heavy atom. The van der Waals surface area contributed by atoms with Crippen molar-refractivity contribution in [2.75, 3.05) is 31.1 Å². The summed E-state index contributed by atoms with van der Waals surface area (Å²) in [6.45, 7) is 11.6. The van der Waals surface area contributed by atoms with Crippen LogP contribution in [0, 0.1) is 0 Å². The quantitative estimate of drug-likeness (QED) is 0.630. The van der Waals surface area contributed by atoms with E-state index in [1.807, 2.05) is 12.1 Å². The predicted molar refractivity (Wildman–Crippen MR) is 122 cm³/mol. The molecule has 2 unspecified atom stereocenters. The Bertz CT molecular complexity index is 768. The molecule has 1 aliphatic heterocycles. The van der Waals surface area contributed by atoms with Gasteiger partial charge in [-0.25, -0.2) is 0 Å². The highest BCUT2D eigenvalue weighted by Gasteiger charge is 2.23. The van der Waals surface area contributed by atoms with Gasteiger partial charge >= 0.3 is 0 Å². The van der Waals surface area contributed by atoms with Crippen molar-refractivity contribution in [3.8, 4) is 5.75 Å². The molecular formula is C23H39N5O. The van der Waals surface area contributed by atoms with Gasteiger partial charge in [-0.05, 0) is 83.8 Å². The van der Waals surface area contributed by atoms with Crippen LogP contribution in [-0.4, -0.2) is 58.0 Å². The molecule has 6 nitrogen and oxygen atoms in total. The summed E-state index contributed by atoms with van der Waals surface area (Å²) in [4.78, 5) is 4.98. The van der Waals surface area contributed by atoms with Crippen molar-refractivity contribution in [1.29, 1.82) is 0 Å². The molecule has 1 aromatic heterocycles.